The second-order valence-electron chi connectivity index (χ2n) is 5.09. The number of hydrogen-bond donors (Lipinski definition) is 2. The monoisotopic (exact) mass is 294 g/mol. The van der Waals surface area contributed by atoms with Crippen LogP contribution in [0.3, 0.4) is 0 Å². The third kappa shape index (κ3) is 3.63. The Morgan fingerprint density at radius 2 is 2.00 bits per heavy atom. The van der Waals surface area contributed by atoms with Crippen LogP contribution in [-0.2, 0) is 6.42 Å². The van der Waals surface area contributed by atoms with Crippen molar-refractivity contribution >= 4 is 17.2 Å². The summed E-state index contributed by atoms with van der Waals surface area (Å²) in [6.45, 7) is 0.648. The summed E-state index contributed by atoms with van der Waals surface area (Å²) in [7, 11) is 0. The van der Waals surface area contributed by atoms with Crippen molar-refractivity contribution < 1.29 is 4.79 Å². The summed E-state index contributed by atoms with van der Waals surface area (Å²) < 4.78 is 1.75. The fourth-order valence-electron chi connectivity index (χ4n) is 2.31. The lowest BCUT2D eigenvalue weighted by Gasteiger charge is -2.08. The molecule has 5 heteroatoms. The maximum Gasteiger partial charge on any atom is 0.319 e. The van der Waals surface area contributed by atoms with Crippen molar-refractivity contribution in [3.63, 3.8) is 0 Å². The summed E-state index contributed by atoms with van der Waals surface area (Å²) in [4.78, 5) is 11.9. The van der Waals surface area contributed by atoms with Gasteiger partial charge in [0.15, 0.2) is 0 Å². The summed E-state index contributed by atoms with van der Waals surface area (Å²) >= 11 is 0. The highest BCUT2D eigenvalue weighted by atomic mass is 16.2. The lowest BCUT2D eigenvalue weighted by molar-refractivity contribution is 0.252. The van der Waals surface area contributed by atoms with Gasteiger partial charge in [-0.1, -0.05) is 30.3 Å². The standard InChI is InChI=1S/C17H18N4O/c22-17(18-10-4-7-14-5-2-1-3-6-14)20-15-9-12-21-16(13-15)8-11-19-21/h1-3,5-6,8-9,11-13H,4,7,10H2,(H2,18,20,22). The number of rotatable bonds is 5. The van der Waals surface area contributed by atoms with Crippen LogP contribution in [0.1, 0.15) is 12.0 Å². The van der Waals surface area contributed by atoms with Gasteiger partial charge >= 0.3 is 6.03 Å². The second-order valence-corrected chi connectivity index (χ2v) is 5.09. The Hall–Kier alpha value is -2.82. The number of urea groups is 1. The topological polar surface area (TPSA) is 58.4 Å². The molecule has 2 N–H and O–H groups in total. The zero-order chi connectivity index (χ0) is 15.2. The first-order valence-corrected chi connectivity index (χ1v) is 7.33. The lowest BCUT2D eigenvalue weighted by atomic mass is 10.1. The molecule has 112 valence electrons. The maximum atomic E-state index is 11.9. The van der Waals surface area contributed by atoms with Gasteiger partial charge in [0, 0.05) is 24.6 Å². The van der Waals surface area contributed by atoms with Crippen LogP contribution < -0.4 is 10.6 Å². The van der Waals surface area contributed by atoms with E-state index in [1.807, 2.05) is 42.6 Å². The number of aryl methyl sites for hydroxylation is 1. The largest absolute Gasteiger partial charge is 0.338 e. The third-order valence-electron chi connectivity index (χ3n) is 3.43. The van der Waals surface area contributed by atoms with Crippen molar-refractivity contribution in [2.24, 2.45) is 0 Å². The molecule has 2 aromatic heterocycles. The minimum Gasteiger partial charge on any atom is -0.338 e. The molecule has 0 bridgehead atoms. The number of pyridine rings is 1. The van der Waals surface area contributed by atoms with Crippen LogP contribution in [-0.4, -0.2) is 22.2 Å². The van der Waals surface area contributed by atoms with E-state index in [1.165, 1.54) is 5.56 Å². The molecule has 0 saturated carbocycles. The van der Waals surface area contributed by atoms with Gasteiger partial charge in [0.25, 0.3) is 0 Å². The van der Waals surface area contributed by atoms with E-state index in [0.29, 0.717) is 6.54 Å². The second kappa shape index (κ2) is 6.76. The zero-order valence-electron chi connectivity index (χ0n) is 12.2. The number of anilines is 1. The highest BCUT2D eigenvalue weighted by molar-refractivity contribution is 5.89. The van der Waals surface area contributed by atoms with E-state index in [-0.39, 0.29) is 6.03 Å². The summed E-state index contributed by atoms with van der Waals surface area (Å²) in [5.74, 6) is 0. The minimum absolute atomic E-state index is 0.183. The van der Waals surface area contributed by atoms with Gasteiger partial charge in [0.1, 0.15) is 0 Å². The highest BCUT2D eigenvalue weighted by Gasteiger charge is 2.02. The van der Waals surface area contributed by atoms with Gasteiger partial charge in [-0.25, -0.2) is 9.31 Å². The number of nitrogens with zero attached hydrogens (tertiary/aromatic N) is 2. The number of fused-ring (bicyclic) bond motifs is 1. The first kappa shape index (κ1) is 14.1. The van der Waals surface area contributed by atoms with Gasteiger partial charge < -0.3 is 10.6 Å². The molecule has 0 unspecified atom stereocenters. The lowest BCUT2D eigenvalue weighted by Crippen LogP contribution is -2.29. The molecule has 3 rings (SSSR count). The quantitative estimate of drug-likeness (QED) is 0.710. The van der Waals surface area contributed by atoms with Gasteiger partial charge in [-0.2, -0.15) is 5.10 Å². The molecule has 0 spiro atoms. The molecule has 22 heavy (non-hydrogen) atoms. The predicted octanol–water partition coefficient (Wildman–Crippen LogP) is 3.09. The van der Waals surface area contributed by atoms with E-state index in [1.54, 1.807) is 10.7 Å². The van der Waals surface area contributed by atoms with Crippen molar-refractivity contribution in [3.8, 4) is 0 Å². The van der Waals surface area contributed by atoms with E-state index in [9.17, 15) is 4.79 Å². The fraction of sp³-hybridized carbons (Fsp3) is 0.176. The molecule has 0 fully saturated rings. The number of hydrogen-bond acceptors (Lipinski definition) is 2. The fourth-order valence-corrected chi connectivity index (χ4v) is 2.31. The smallest absolute Gasteiger partial charge is 0.319 e. The first-order chi connectivity index (χ1) is 10.8. The van der Waals surface area contributed by atoms with Crippen LogP contribution in [0.25, 0.3) is 5.52 Å². The number of amides is 2. The first-order valence-electron chi connectivity index (χ1n) is 7.33. The van der Waals surface area contributed by atoms with E-state index in [4.69, 9.17) is 0 Å². The molecule has 2 heterocycles. The molecule has 0 aliphatic heterocycles. The summed E-state index contributed by atoms with van der Waals surface area (Å²) in [5.41, 5.74) is 2.99. The van der Waals surface area contributed by atoms with Crippen molar-refractivity contribution in [2.45, 2.75) is 12.8 Å². The van der Waals surface area contributed by atoms with Crippen molar-refractivity contribution in [2.75, 3.05) is 11.9 Å². The predicted molar refractivity (Wildman–Crippen MR) is 87.0 cm³/mol. The molecule has 0 saturated heterocycles. The number of benzene rings is 1. The van der Waals surface area contributed by atoms with Crippen molar-refractivity contribution in [1.82, 2.24) is 14.9 Å². The van der Waals surface area contributed by atoms with E-state index in [2.05, 4.69) is 27.9 Å². The van der Waals surface area contributed by atoms with Gasteiger partial charge in [-0.05, 0) is 36.6 Å². The number of nitrogens with one attached hydrogen (secondary N) is 2. The Bertz CT molecular complexity index is 751. The average Bonchev–Trinajstić information content (AvgIpc) is 3.00. The molecule has 0 atom stereocenters. The normalized spacial score (nSPS) is 10.5. The average molecular weight is 294 g/mol. The van der Waals surface area contributed by atoms with Crippen LogP contribution >= 0.6 is 0 Å². The molecular formula is C17H18N4O. The minimum atomic E-state index is -0.183. The van der Waals surface area contributed by atoms with Crippen LogP contribution in [0, 0.1) is 0 Å². The molecule has 5 nitrogen and oxygen atoms in total. The Kier molecular flexibility index (Phi) is 4.34. The van der Waals surface area contributed by atoms with Crippen LogP contribution in [0.2, 0.25) is 0 Å². The van der Waals surface area contributed by atoms with E-state index >= 15 is 0 Å². The van der Waals surface area contributed by atoms with Crippen LogP contribution in [0.5, 0.6) is 0 Å². The molecule has 1 aromatic carbocycles. The molecule has 3 aromatic rings. The molecular weight excluding hydrogens is 276 g/mol. The van der Waals surface area contributed by atoms with E-state index in [0.717, 1.165) is 24.0 Å². The zero-order valence-corrected chi connectivity index (χ0v) is 12.2. The van der Waals surface area contributed by atoms with Gasteiger partial charge in [-0.15, -0.1) is 0 Å². The van der Waals surface area contributed by atoms with Crippen molar-refractivity contribution in [3.05, 3.63) is 66.5 Å². The summed E-state index contributed by atoms with van der Waals surface area (Å²) in [6, 6.07) is 15.7. The van der Waals surface area contributed by atoms with Gasteiger partial charge in [0.05, 0.1) is 5.52 Å². The van der Waals surface area contributed by atoms with Crippen LogP contribution in [0.15, 0.2) is 60.9 Å². The third-order valence-corrected chi connectivity index (χ3v) is 3.43. The maximum absolute atomic E-state index is 11.9. The molecule has 2 amide bonds. The Morgan fingerprint density at radius 1 is 1.14 bits per heavy atom. The highest BCUT2D eigenvalue weighted by Crippen LogP contribution is 2.11. The summed E-state index contributed by atoms with van der Waals surface area (Å²) in [5, 5.41) is 9.82. The van der Waals surface area contributed by atoms with E-state index < -0.39 is 0 Å². The Balaban J connectivity index is 1.44. The Morgan fingerprint density at radius 3 is 2.86 bits per heavy atom. The summed E-state index contributed by atoms with van der Waals surface area (Å²) in [6.07, 6.45) is 5.42. The van der Waals surface area contributed by atoms with Crippen molar-refractivity contribution in [1.29, 1.82) is 0 Å². The number of carbonyl (C=O) groups is 1. The van der Waals surface area contributed by atoms with Gasteiger partial charge in [-0.3, -0.25) is 0 Å². The molecule has 0 aliphatic carbocycles. The SMILES string of the molecule is O=C(NCCCc1ccccc1)Nc1ccn2nccc2c1. The molecule has 0 aliphatic rings. The number of aromatic nitrogens is 2. The molecule has 0 radical (unpaired) electrons. The number of carbonyl (C=O) groups excluding carboxylic acids is 1. The van der Waals surface area contributed by atoms with Gasteiger partial charge in [0.2, 0.25) is 0 Å². The van der Waals surface area contributed by atoms with Crippen LogP contribution in [0.4, 0.5) is 10.5 Å². The Labute approximate surface area is 129 Å².